The second kappa shape index (κ2) is 10.8. The first-order valence-electron chi connectivity index (χ1n) is 10.1. The average molecular weight is 412 g/mol. The molecule has 1 aliphatic rings. The lowest BCUT2D eigenvalue weighted by atomic mass is 9.98. The third-order valence-corrected chi connectivity index (χ3v) is 5.08. The maximum atomic E-state index is 13.0. The summed E-state index contributed by atoms with van der Waals surface area (Å²) in [5.74, 6) is -0.425. The number of hydrogen-bond acceptors (Lipinski definition) is 5. The van der Waals surface area contributed by atoms with Crippen molar-refractivity contribution >= 4 is 23.2 Å². The summed E-state index contributed by atoms with van der Waals surface area (Å²) in [7, 11) is 3.11. The second-order valence-corrected chi connectivity index (χ2v) is 7.26. The molecule has 0 fully saturated rings. The molecule has 0 radical (unpaired) electrons. The number of methoxy groups -OCH3 is 2. The van der Waals surface area contributed by atoms with Crippen molar-refractivity contribution in [2.24, 2.45) is 0 Å². The molecule has 3 rings (SSSR count). The highest BCUT2D eigenvalue weighted by atomic mass is 16.5. The molecule has 1 heterocycles. The van der Waals surface area contributed by atoms with Gasteiger partial charge in [-0.3, -0.25) is 9.59 Å². The minimum absolute atomic E-state index is 0.0385. The van der Waals surface area contributed by atoms with Gasteiger partial charge >= 0.3 is 0 Å². The Hall–Kier alpha value is -2.90. The number of fused-ring (bicyclic) bond motifs is 1. The standard InChI is InChI=1S/C23H29N3O4/c1-29-13-5-11-24-23(28)20-14-19(25-22(27)16-30-2)8-9-21(20)26-12-10-17-6-3-4-7-18(17)15-26/h3-4,6-9,14H,5,10-13,15-16H2,1-2H3,(H,24,28)(H,25,27). The third kappa shape index (κ3) is 5.58. The molecule has 7 nitrogen and oxygen atoms in total. The highest BCUT2D eigenvalue weighted by Gasteiger charge is 2.22. The zero-order valence-electron chi connectivity index (χ0n) is 17.6. The Balaban J connectivity index is 1.83. The number of nitrogens with one attached hydrogen (secondary N) is 2. The number of amides is 2. The summed E-state index contributed by atoms with van der Waals surface area (Å²) in [5, 5.41) is 5.73. The van der Waals surface area contributed by atoms with Gasteiger partial charge in [-0.15, -0.1) is 0 Å². The van der Waals surface area contributed by atoms with Crippen LogP contribution in [0.15, 0.2) is 42.5 Å². The van der Waals surface area contributed by atoms with E-state index in [1.54, 1.807) is 13.2 Å². The van der Waals surface area contributed by atoms with E-state index in [0.29, 0.717) is 24.4 Å². The highest BCUT2D eigenvalue weighted by molar-refractivity contribution is 6.02. The lowest BCUT2D eigenvalue weighted by Crippen LogP contribution is -2.33. The Labute approximate surface area is 177 Å². The molecule has 2 N–H and O–H groups in total. The predicted molar refractivity (Wildman–Crippen MR) is 117 cm³/mol. The number of carbonyl (C=O) groups is 2. The summed E-state index contributed by atoms with van der Waals surface area (Å²) < 4.78 is 9.92. The van der Waals surface area contributed by atoms with Gasteiger partial charge in [0, 0.05) is 51.8 Å². The van der Waals surface area contributed by atoms with Crippen LogP contribution in [0.2, 0.25) is 0 Å². The van der Waals surface area contributed by atoms with Crippen LogP contribution in [0.5, 0.6) is 0 Å². The van der Waals surface area contributed by atoms with Crippen molar-refractivity contribution in [1.82, 2.24) is 5.32 Å². The summed E-state index contributed by atoms with van der Waals surface area (Å²) in [4.78, 5) is 27.1. The number of carbonyl (C=O) groups excluding carboxylic acids is 2. The molecular weight excluding hydrogens is 382 g/mol. The highest BCUT2D eigenvalue weighted by Crippen LogP contribution is 2.29. The van der Waals surface area contributed by atoms with Gasteiger partial charge in [0.05, 0.1) is 5.56 Å². The number of ether oxygens (including phenoxy) is 2. The van der Waals surface area contributed by atoms with Crippen molar-refractivity contribution in [2.45, 2.75) is 19.4 Å². The third-order valence-electron chi connectivity index (χ3n) is 5.08. The second-order valence-electron chi connectivity index (χ2n) is 7.26. The van der Waals surface area contributed by atoms with Gasteiger partial charge in [-0.25, -0.2) is 0 Å². The van der Waals surface area contributed by atoms with E-state index >= 15 is 0 Å². The van der Waals surface area contributed by atoms with E-state index in [1.807, 2.05) is 18.2 Å². The number of nitrogens with zero attached hydrogens (tertiary/aromatic N) is 1. The van der Waals surface area contributed by atoms with E-state index in [9.17, 15) is 9.59 Å². The molecule has 0 spiro atoms. The first kappa shape index (κ1) is 21.8. The maximum Gasteiger partial charge on any atom is 0.253 e. The summed E-state index contributed by atoms with van der Waals surface area (Å²) in [6.07, 6.45) is 1.66. The van der Waals surface area contributed by atoms with Gasteiger partial charge in [0.15, 0.2) is 0 Å². The molecular formula is C23H29N3O4. The molecule has 7 heteroatoms. The summed E-state index contributed by atoms with van der Waals surface area (Å²) in [6, 6.07) is 13.8. The molecule has 0 saturated carbocycles. The Morgan fingerprint density at radius 3 is 2.63 bits per heavy atom. The van der Waals surface area contributed by atoms with Crippen LogP contribution in [-0.2, 0) is 27.2 Å². The Morgan fingerprint density at radius 2 is 1.87 bits per heavy atom. The Morgan fingerprint density at radius 1 is 1.07 bits per heavy atom. The van der Waals surface area contributed by atoms with Gasteiger partial charge in [-0.1, -0.05) is 24.3 Å². The normalized spacial score (nSPS) is 12.9. The van der Waals surface area contributed by atoms with Crippen LogP contribution in [0, 0.1) is 0 Å². The summed E-state index contributed by atoms with van der Waals surface area (Å²) in [5.41, 5.74) is 4.59. The summed E-state index contributed by atoms with van der Waals surface area (Å²) in [6.45, 7) is 2.65. The average Bonchev–Trinajstić information content (AvgIpc) is 2.76. The SMILES string of the molecule is COCCCNC(=O)c1cc(NC(=O)COC)ccc1N1CCc2ccccc2C1. The van der Waals surface area contributed by atoms with Gasteiger partial charge in [-0.2, -0.15) is 0 Å². The molecule has 2 amide bonds. The van der Waals surface area contributed by atoms with E-state index < -0.39 is 0 Å². The summed E-state index contributed by atoms with van der Waals surface area (Å²) >= 11 is 0. The number of benzene rings is 2. The van der Waals surface area contributed by atoms with E-state index in [1.165, 1.54) is 18.2 Å². The van der Waals surface area contributed by atoms with Crippen LogP contribution < -0.4 is 15.5 Å². The fraction of sp³-hybridized carbons (Fsp3) is 0.391. The molecule has 2 aromatic rings. The van der Waals surface area contributed by atoms with Gasteiger partial charge in [0.2, 0.25) is 5.91 Å². The van der Waals surface area contributed by atoms with Crippen LogP contribution in [-0.4, -0.2) is 52.3 Å². The molecule has 0 bridgehead atoms. The molecule has 0 atom stereocenters. The lowest BCUT2D eigenvalue weighted by molar-refractivity contribution is -0.119. The van der Waals surface area contributed by atoms with E-state index in [4.69, 9.17) is 9.47 Å². The molecule has 0 saturated heterocycles. The molecule has 160 valence electrons. The van der Waals surface area contributed by atoms with Crippen molar-refractivity contribution in [3.63, 3.8) is 0 Å². The first-order valence-corrected chi connectivity index (χ1v) is 10.1. The van der Waals surface area contributed by atoms with Crippen molar-refractivity contribution in [3.05, 3.63) is 59.2 Å². The zero-order chi connectivity index (χ0) is 21.3. The minimum atomic E-state index is -0.261. The minimum Gasteiger partial charge on any atom is -0.385 e. The number of hydrogen-bond donors (Lipinski definition) is 2. The van der Waals surface area contributed by atoms with Gasteiger partial charge in [0.1, 0.15) is 6.61 Å². The number of anilines is 2. The van der Waals surface area contributed by atoms with Crippen molar-refractivity contribution in [1.29, 1.82) is 0 Å². The predicted octanol–water partition coefficient (Wildman–Crippen LogP) is 2.60. The van der Waals surface area contributed by atoms with E-state index in [0.717, 1.165) is 31.6 Å². The molecule has 1 aliphatic heterocycles. The smallest absolute Gasteiger partial charge is 0.253 e. The van der Waals surface area contributed by atoms with Crippen LogP contribution in [0.3, 0.4) is 0 Å². The van der Waals surface area contributed by atoms with E-state index in [-0.39, 0.29) is 18.4 Å². The van der Waals surface area contributed by atoms with Gasteiger partial charge in [-0.05, 0) is 42.2 Å². The van der Waals surface area contributed by atoms with Crippen molar-refractivity contribution in [3.8, 4) is 0 Å². The maximum absolute atomic E-state index is 13.0. The van der Waals surface area contributed by atoms with Gasteiger partial charge < -0.3 is 25.0 Å². The Bertz CT molecular complexity index is 885. The van der Waals surface area contributed by atoms with Crippen molar-refractivity contribution < 1.29 is 19.1 Å². The first-order chi connectivity index (χ1) is 14.6. The number of rotatable bonds is 9. The van der Waals surface area contributed by atoms with Crippen molar-refractivity contribution in [2.75, 3.05) is 50.7 Å². The molecule has 0 aliphatic carbocycles. The molecule has 30 heavy (non-hydrogen) atoms. The largest absolute Gasteiger partial charge is 0.385 e. The van der Waals surface area contributed by atoms with Gasteiger partial charge in [0.25, 0.3) is 5.91 Å². The Kier molecular flexibility index (Phi) is 7.82. The fourth-order valence-electron chi connectivity index (χ4n) is 3.61. The zero-order valence-corrected chi connectivity index (χ0v) is 17.6. The van der Waals surface area contributed by atoms with E-state index in [2.05, 4.69) is 33.7 Å². The molecule has 0 unspecified atom stereocenters. The molecule has 0 aromatic heterocycles. The monoisotopic (exact) mass is 411 g/mol. The molecule has 2 aromatic carbocycles. The van der Waals surface area contributed by atoms with Crippen LogP contribution in [0.25, 0.3) is 0 Å². The topological polar surface area (TPSA) is 79.9 Å². The van der Waals surface area contributed by atoms with Crippen LogP contribution in [0.4, 0.5) is 11.4 Å². The van der Waals surface area contributed by atoms with Crippen LogP contribution >= 0.6 is 0 Å². The lowest BCUT2D eigenvalue weighted by Gasteiger charge is -2.32. The fourth-order valence-corrected chi connectivity index (χ4v) is 3.61. The van der Waals surface area contributed by atoms with Crippen LogP contribution in [0.1, 0.15) is 27.9 Å². The quantitative estimate of drug-likeness (QED) is 0.620.